The highest BCUT2D eigenvalue weighted by Gasteiger charge is 2.57. The summed E-state index contributed by atoms with van der Waals surface area (Å²) in [6, 6.07) is 0. The van der Waals surface area contributed by atoms with Gasteiger partial charge in [-0.05, 0) is 370 Å². The molecule has 0 spiro atoms. The Labute approximate surface area is 604 Å². The van der Waals surface area contributed by atoms with Crippen LogP contribution in [0.15, 0.2) is 0 Å². The van der Waals surface area contributed by atoms with Crippen LogP contribution in [0.25, 0.3) is 0 Å². The summed E-state index contributed by atoms with van der Waals surface area (Å²) in [7, 11) is 0. The average molecular weight is 1330 g/mol. The molecule has 0 aliphatic heterocycles. The van der Waals surface area contributed by atoms with E-state index in [-0.39, 0.29) is 0 Å². The minimum atomic E-state index is 0.570. The highest BCUT2D eigenvalue weighted by Crippen LogP contribution is 2.66. The summed E-state index contributed by atoms with van der Waals surface area (Å²) in [4.78, 5) is 0. The fraction of sp³-hybridized carbons (Fsp3) is 1.00. The number of hydrogen-bond acceptors (Lipinski definition) is 0. The van der Waals surface area contributed by atoms with Crippen molar-refractivity contribution >= 4 is 0 Å². The molecule has 96 heavy (non-hydrogen) atoms. The average Bonchev–Trinajstić information content (AvgIpc) is 1.33. The van der Waals surface area contributed by atoms with Gasteiger partial charge in [0.25, 0.3) is 0 Å². The number of fused-ring (bicyclic) bond motifs is 9. The lowest BCUT2D eigenvalue weighted by Gasteiger charge is -2.63. The molecule has 0 amide bonds. The van der Waals surface area contributed by atoms with Crippen LogP contribution >= 0.6 is 0 Å². The van der Waals surface area contributed by atoms with E-state index in [2.05, 4.69) is 187 Å². The van der Waals surface area contributed by atoms with Gasteiger partial charge in [0, 0.05) is 0 Å². The number of hydrogen-bond donors (Lipinski definition) is 0. The van der Waals surface area contributed by atoms with Gasteiger partial charge in [-0.15, -0.1) is 0 Å². The van der Waals surface area contributed by atoms with Crippen LogP contribution in [0.2, 0.25) is 0 Å². The first-order chi connectivity index (χ1) is 44.2. The molecule has 22 rings (SSSR count). The van der Waals surface area contributed by atoms with Crippen molar-refractivity contribution in [1.82, 2.24) is 0 Å². The van der Waals surface area contributed by atoms with Crippen LogP contribution in [0.3, 0.4) is 0 Å². The molecular formula is C96H176. The Balaban J connectivity index is 0.000000127. The fourth-order valence-corrected chi connectivity index (χ4v) is 28.4. The van der Waals surface area contributed by atoms with Gasteiger partial charge in [-0.1, -0.05) is 238 Å². The summed E-state index contributed by atoms with van der Waals surface area (Å²) in [5.41, 5.74) is 5.28. The Morgan fingerprint density at radius 3 is 0.615 bits per heavy atom. The van der Waals surface area contributed by atoms with E-state index in [0.29, 0.717) is 48.7 Å². The Bertz CT molecular complexity index is 2190. The first-order valence-electron chi connectivity index (χ1n) is 44.2. The summed E-state index contributed by atoms with van der Waals surface area (Å²) in [6.07, 6.45) is 53.6. The normalized spacial score (nSPS) is 41.1. The van der Waals surface area contributed by atoms with E-state index in [4.69, 9.17) is 0 Å². The summed E-state index contributed by atoms with van der Waals surface area (Å²) in [5, 5.41) is 0. The molecule has 0 nitrogen and oxygen atoms in total. The molecule has 7 unspecified atom stereocenters. The zero-order chi connectivity index (χ0) is 70.7. The van der Waals surface area contributed by atoms with Gasteiger partial charge in [0.15, 0.2) is 0 Å². The van der Waals surface area contributed by atoms with Crippen LogP contribution in [0.1, 0.15) is 412 Å². The van der Waals surface area contributed by atoms with Crippen LogP contribution in [0.4, 0.5) is 0 Å². The highest BCUT2D eigenvalue weighted by molar-refractivity contribution is 5.07. The SMILES string of the molecule is CC(C)(C)C1C2CC1C2.CC(C)(C)C1C2CC3CC(C2)CC1C3.CC(C)(C)C1C2CCC1C2.CC(C)(C)C1C2CCC1CC2.CC(C)(C)C1CC2CC1C2.CC(C)(C)C1CC2CCC1C2.CC(C)(C)C1CC2CCC1CC2.CC(C)(C)C1CCCC1.CC(C)(C)C1CCCCC1. The standard InChI is InChI=1S/C14H24.C12H22.2C11H20.2C10H18.C10H20.C9H16.C9H18/c1-14(2,3)13-11-5-9-4-10(7-11)8-12(13)6-9;1-12(2,3)11-8-9-4-6-10(11)7-5-9;1-11(2,3)10-7-8-4-5-9(10)6-8;1-11(2,3)10-8-4-5-9(10)7-6-8;1-10(2,3)9-6-7-4-8(9)5-7;1-10(2,3)9-7-4-5-8(9)6-7;1-10(2,3)9-7-5-4-6-8-9;1-9(2,3)8-6-4-7(8)5-6;1-9(2,3)8-6-4-5-7-8/h9-13H,4-8H2,1-3H3;9-11H,4-8H2,1-3H3;2*8-10H,4-7H2,1-3H3;2*7-9H,4-6H2,1-3H3;9H,4-8H2,1-3H3;6-8H,4-5H2,1-3H3;8H,4-7H2,1-3H3. The molecule has 0 aromatic rings. The summed E-state index contributed by atoms with van der Waals surface area (Å²) in [6.45, 7) is 65.0. The van der Waals surface area contributed by atoms with Gasteiger partial charge in [-0.3, -0.25) is 0 Å². The third-order valence-corrected chi connectivity index (χ3v) is 32.8. The highest BCUT2D eigenvalue weighted by atomic mass is 14.6. The first-order valence-corrected chi connectivity index (χ1v) is 44.2. The van der Waals surface area contributed by atoms with E-state index < -0.39 is 0 Å². The van der Waals surface area contributed by atoms with Crippen LogP contribution in [-0.2, 0) is 0 Å². The molecule has 0 aromatic heterocycles. The van der Waals surface area contributed by atoms with Crippen molar-refractivity contribution in [3.63, 3.8) is 0 Å². The van der Waals surface area contributed by atoms with Crippen LogP contribution in [-0.4, -0.2) is 0 Å². The van der Waals surface area contributed by atoms with Gasteiger partial charge >= 0.3 is 0 Å². The van der Waals surface area contributed by atoms with E-state index in [1.807, 2.05) is 0 Å². The Morgan fingerprint density at radius 1 is 0.146 bits per heavy atom. The zero-order valence-electron chi connectivity index (χ0n) is 70.7. The molecule has 0 saturated heterocycles. The molecule has 0 N–H and O–H groups in total. The van der Waals surface area contributed by atoms with Crippen LogP contribution in [0, 0.1) is 197 Å². The quantitative estimate of drug-likeness (QED) is 0.227. The van der Waals surface area contributed by atoms with Gasteiger partial charge < -0.3 is 0 Å². The molecule has 0 aromatic carbocycles. The lowest BCUT2D eigenvalue weighted by atomic mass is 9.42. The van der Waals surface area contributed by atoms with E-state index in [9.17, 15) is 0 Å². The van der Waals surface area contributed by atoms with E-state index >= 15 is 0 Å². The van der Waals surface area contributed by atoms with Crippen molar-refractivity contribution in [2.24, 2.45) is 197 Å². The van der Waals surface area contributed by atoms with Crippen molar-refractivity contribution in [1.29, 1.82) is 0 Å². The predicted octanol–water partition coefficient (Wildman–Crippen LogP) is 30.6. The maximum Gasteiger partial charge on any atom is -0.0308 e. The minimum absolute atomic E-state index is 0.570. The van der Waals surface area contributed by atoms with Gasteiger partial charge in [0.05, 0.1) is 0 Å². The van der Waals surface area contributed by atoms with Gasteiger partial charge in [0.1, 0.15) is 0 Å². The first kappa shape index (κ1) is 80.1. The van der Waals surface area contributed by atoms with Gasteiger partial charge in [-0.2, -0.15) is 0 Å². The molecule has 0 heterocycles. The lowest BCUT2D eigenvalue weighted by Crippen LogP contribution is -2.55. The molecule has 22 saturated carbocycles. The van der Waals surface area contributed by atoms with Crippen molar-refractivity contribution in [3.8, 4) is 0 Å². The van der Waals surface area contributed by atoms with Crippen molar-refractivity contribution in [2.45, 2.75) is 412 Å². The third kappa shape index (κ3) is 20.5. The van der Waals surface area contributed by atoms with E-state index in [0.717, 1.165) is 148 Å². The lowest BCUT2D eigenvalue weighted by molar-refractivity contribution is -0.141. The minimum Gasteiger partial charge on any atom is -0.0599 e. The largest absolute Gasteiger partial charge is 0.0599 e. The molecule has 22 aliphatic rings. The molecule has 0 radical (unpaired) electrons. The summed E-state index contributed by atoms with van der Waals surface area (Å²) in [5.74, 6) is 27.2. The molecule has 560 valence electrons. The second-order valence-electron chi connectivity index (χ2n) is 49.0. The van der Waals surface area contributed by atoms with Crippen LogP contribution < -0.4 is 0 Å². The second kappa shape index (κ2) is 31.2. The topological polar surface area (TPSA) is 0 Å². The smallest absolute Gasteiger partial charge is 0.0308 e. The van der Waals surface area contributed by atoms with E-state index in [1.165, 1.54) is 154 Å². The predicted molar refractivity (Wildman–Crippen MR) is 424 cm³/mol. The van der Waals surface area contributed by atoms with Crippen molar-refractivity contribution in [3.05, 3.63) is 0 Å². The molecule has 16 bridgehead atoms. The van der Waals surface area contributed by atoms with Crippen molar-refractivity contribution in [2.75, 3.05) is 0 Å². The maximum atomic E-state index is 2.47. The van der Waals surface area contributed by atoms with Crippen molar-refractivity contribution < 1.29 is 0 Å². The fourth-order valence-electron chi connectivity index (χ4n) is 28.4. The third-order valence-electron chi connectivity index (χ3n) is 32.8. The molecular weight excluding hydrogens is 1150 g/mol. The second-order valence-corrected chi connectivity index (χ2v) is 49.0. The molecule has 22 aliphatic carbocycles. The zero-order valence-corrected chi connectivity index (χ0v) is 70.7. The Morgan fingerprint density at radius 2 is 0.396 bits per heavy atom. The maximum absolute atomic E-state index is 2.47. The molecule has 7 atom stereocenters. The number of rotatable bonds is 0. The summed E-state index contributed by atoms with van der Waals surface area (Å²) >= 11 is 0. The molecule has 22 fully saturated rings. The molecule has 0 heteroatoms. The van der Waals surface area contributed by atoms with Gasteiger partial charge in [0.2, 0.25) is 0 Å². The Hall–Kier alpha value is 0. The Kier molecular flexibility index (Phi) is 26.0. The monoisotopic (exact) mass is 1330 g/mol. The van der Waals surface area contributed by atoms with Crippen LogP contribution in [0.5, 0.6) is 0 Å². The van der Waals surface area contributed by atoms with Gasteiger partial charge in [-0.25, -0.2) is 0 Å². The summed E-state index contributed by atoms with van der Waals surface area (Å²) < 4.78 is 0. The van der Waals surface area contributed by atoms with E-state index in [1.54, 1.807) is 70.6 Å².